The maximum absolute atomic E-state index is 14.7. The highest BCUT2D eigenvalue weighted by Gasteiger charge is 2.31. The minimum absolute atomic E-state index is 0.0109. The number of aromatic nitrogens is 5. The molecule has 1 saturated carbocycles. The van der Waals surface area contributed by atoms with Crippen LogP contribution in [0.25, 0.3) is 10.9 Å². The topological polar surface area (TPSA) is 144 Å². The standard InChI is InChI=1S/C30H34ClFN8O4S/c1-16-13-20(17(2)33-23-7-8-24(31)34-27(23)28(41)37-45(4,43)44)26-21(14-16)29(42)38(3)30(35-26)39-11-9-18(10-12-39)25-22(32)15-40(36-25)19-5-6-19/h7-8,13-15,17-19,33H,5-6,9-12H2,1-4H3,(H,37,41)/t17-/m1/s1. The van der Waals surface area contributed by atoms with E-state index in [-0.39, 0.29) is 33.8 Å². The van der Waals surface area contributed by atoms with Crippen molar-refractivity contribution in [3.8, 4) is 0 Å². The fourth-order valence-electron chi connectivity index (χ4n) is 5.95. The highest BCUT2D eigenvalue weighted by atomic mass is 35.5. The molecule has 6 rings (SSSR count). The molecule has 0 bridgehead atoms. The molecule has 1 aliphatic carbocycles. The van der Waals surface area contributed by atoms with Crippen LogP contribution in [0.3, 0.4) is 0 Å². The van der Waals surface area contributed by atoms with E-state index in [9.17, 15) is 22.4 Å². The molecule has 2 N–H and O–H groups in total. The van der Waals surface area contributed by atoms with Crippen molar-refractivity contribution in [1.29, 1.82) is 0 Å². The molecule has 2 fully saturated rings. The number of carbonyl (C=O) groups excluding carboxylic acids is 1. The average molecular weight is 657 g/mol. The van der Waals surface area contributed by atoms with Gasteiger partial charge in [0.25, 0.3) is 11.5 Å². The van der Waals surface area contributed by atoms with Crippen LogP contribution in [0.1, 0.15) is 77.9 Å². The van der Waals surface area contributed by atoms with Crippen LogP contribution < -0.4 is 20.5 Å². The number of amides is 1. The van der Waals surface area contributed by atoms with Crippen LogP contribution in [0.5, 0.6) is 0 Å². The van der Waals surface area contributed by atoms with Gasteiger partial charge in [-0.2, -0.15) is 5.10 Å². The van der Waals surface area contributed by atoms with Crippen LogP contribution in [-0.2, 0) is 17.1 Å². The Labute approximate surface area is 264 Å². The molecule has 1 amide bonds. The van der Waals surface area contributed by atoms with Gasteiger partial charge in [0, 0.05) is 31.6 Å². The van der Waals surface area contributed by atoms with Gasteiger partial charge in [-0.1, -0.05) is 17.7 Å². The normalized spacial score (nSPS) is 16.6. The Morgan fingerprint density at radius 2 is 1.84 bits per heavy atom. The van der Waals surface area contributed by atoms with Gasteiger partial charge < -0.3 is 10.2 Å². The molecule has 0 spiro atoms. The predicted octanol–water partition coefficient (Wildman–Crippen LogP) is 4.21. The van der Waals surface area contributed by atoms with Crippen molar-refractivity contribution in [3.05, 3.63) is 74.3 Å². The second kappa shape index (κ2) is 11.7. The van der Waals surface area contributed by atoms with Crippen molar-refractivity contribution in [2.45, 2.75) is 57.5 Å². The van der Waals surface area contributed by atoms with Gasteiger partial charge in [0.15, 0.2) is 11.5 Å². The zero-order valence-electron chi connectivity index (χ0n) is 25.3. The average Bonchev–Trinajstić information content (AvgIpc) is 3.76. The molecular weight excluding hydrogens is 623 g/mol. The summed E-state index contributed by atoms with van der Waals surface area (Å²) in [6.07, 6.45) is 5.80. The van der Waals surface area contributed by atoms with Crippen LogP contribution in [0.2, 0.25) is 5.15 Å². The molecule has 1 saturated heterocycles. The first-order chi connectivity index (χ1) is 21.3. The smallest absolute Gasteiger partial charge is 0.285 e. The molecule has 0 unspecified atom stereocenters. The van der Waals surface area contributed by atoms with Gasteiger partial charge in [0.05, 0.1) is 41.1 Å². The lowest BCUT2D eigenvalue weighted by Crippen LogP contribution is -2.38. The number of pyridine rings is 1. The van der Waals surface area contributed by atoms with E-state index in [0.29, 0.717) is 60.1 Å². The summed E-state index contributed by atoms with van der Waals surface area (Å²) in [5, 5.41) is 8.25. The third-order valence-corrected chi connectivity index (χ3v) is 9.09. The molecule has 1 aliphatic heterocycles. The van der Waals surface area contributed by atoms with Crippen LogP contribution in [0, 0.1) is 12.7 Å². The summed E-state index contributed by atoms with van der Waals surface area (Å²) in [5.41, 5.74) is 2.42. The Morgan fingerprint density at radius 1 is 1.13 bits per heavy atom. The van der Waals surface area contributed by atoms with E-state index >= 15 is 0 Å². The van der Waals surface area contributed by atoms with Crippen LogP contribution in [0.15, 0.2) is 35.3 Å². The SMILES string of the molecule is Cc1cc([C@@H](C)Nc2ccc(Cl)nc2C(=O)NS(C)(=O)=O)c2nc(N3CCC(c4nn(C5CC5)cc4F)CC3)n(C)c(=O)c2c1. The van der Waals surface area contributed by atoms with E-state index in [1.54, 1.807) is 28.4 Å². The van der Waals surface area contributed by atoms with Gasteiger partial charge in [0.2, 0.25) is 16.0 Å². The summed E-state index contributed by atoms with van der Waals surface area (Å²) in [5.74, 6) is -0.691. The van der Waals surface area contributed by atoms with Crippen LogP contribution in [-0.4, -0.2) is 58.0 Å². The lowest BCUT2D eigenvalue weighted by atomic mass is 9.93. The third kappa shape index (κ3) is 6.39. The third-order valence-electron chi connectivity index (χ3n) is 8.32. The first kappa shape index (κ1) is 31.0. The molecule has 45 heavy (non-hydrogen) atoms. The Bertz CT molecular complexity index is 1980. The largest absolute Gasteiger partial charge is 0.377 e. The minimum Gasteiger partial charge on any atom is -0.377 e. The Morgan fingerprint density at radius 3 is 2.51 bits per heavy atom. The number of benzene rings is 1. The van der Waals surface area contributed by atoms with Crippen molar-refractivity contribution in [3.63, 3.8) is 0 Å². The maximum atomic E-state index is 14.7. The van der Waals surface area contributed by atoms with Gasteiger partial charge in [-0.15, -0.1) is 0 Å². The van der Waals surface area contributed by atoms with Crippen molar-refractivity contribution in [2.75, 3.05) is 29.6 Å². The first-order valence-corrected chi connectivity index (χ1v) is 17.0. The van der Waals surface area contributed by atoms with Gasteiger partial charge in [-0.3, -0.25) is 18.8 Å². The molecule has 4 heterocycles. The van der Waals surface area contributed by atoms with E-state index in [2.05, 4.69) is 15.4 Å². The van der Waals surface area contributed by atoms with E-state index < -0.39 is 22.0 Å². The number of carbonyl (C=O) groups is 1. The number of fused-ring (bicyclic) bond motifs is 1. The molecule has 0 radical (unpaired) electrons. The molecule has 12 nitrogen and oxygen atoms in total. The molecule has 1 atom stereocenters. The highest BCUT2D eigenvalue weighted by molar-refractivity contribution is 7.89. The molecule has 238 valence electrons. The zero-order chi connectivity index (χ0) is 32.2. The second-order valence-corrected chi connectivity index (χ2v) is 14.1. The number of piperidine rings is 1. The molecule has 4 aromatic rings. The number of rotatable bonds is 8. The summed E-state index contributed by atoms with van der Waals surface area (Å²) in [6.45, 7) is 4.89. The fraction of sp³-hybridized carbons (Fsp3) is 0.433. The second-order valence-electron chi connectivity index (χ2n) is 12.0. The monoisotopic (exact) mass is 656 g/mol. The van der Waals surface area contributed by atoms with Crippen molar-refractivity contribution < 1.29 is 17.6 Å². The molecular formula is C30H34ClFN8O4S. The van der Waals surface area contributed by atoms with E-state index in [1.807, 2.05) is 29.5 Å². The zero-order valence-corrected chi connectivity index (χ0v) is 26.9. The maximum Gasteiger partial charge on any atom is 0.285 e. The molecule has 15 heteroatoms. The number of aryl methyl sites for hydroxylation is 1. The Balaban J connectivity index is 1.30. The van der Waals surface area contributed by atoms with Gasteiger partial charge in [0.1, 0.15) is 10.8 Å². The summed E-state index contributed by atoms with van der Waals surface area (Å²) in [6, 6.07) is 6.57. The number of nitrogens with one attached hydrogen (secondary N) is 2. The molecule has 3 aromatic heterocycles. The minimum atomic E-state index is -3.85. The van der Waals surface area contributed by atoms with Gasteiger partial charge in [-0.25, -0.2) is 27.5 Å². The Kier molecular flexibility index (Phi) is 8.06. The predicted molar refractivity (Wildman–Crippen MR) is 170 cm³/mol. The van der Waals surface area contributed by atoms with Crippen LogP contribution >= 0.6 is 11.6 Å². The summed E-state index contributed by atoms with van der Waals surface area (Å²) in [4.78, 5) is 37.5. The quantitative estimate of drug-likeness (QED) is 0.267. The summed E-state index contributed by atoms with van der Waals surface area (Å²) >= 11 is 6.03. The fourth-order valence-corrected chi connectivity index (χ4v) is 6.53. The van der Waals surface area contributed by atoms with Gasteiger partial charge >= 0.3 is 0 Å². The molecule has 2 aliphatic rings. The highest BCUT2D eigenvalue weighted by Crippen LogP contribution is 2.37. The molecule has 1 aromatic carbocycles. The lowest BCUT2D eigenvalue weighted by Gasteiger charge is -2.33. The number of nitrogens with zero attached hydrogens (tertiary/aromatic N) is 6. The first-order valence-electron chi connectivity index (χ1n) is 14.7. The van der Waals surface area contributed by atoms with E-state index in [1.165, 1.54) is 12.3 Å². The summed E-state index contributed by atoms with van der Waals surface area (Å²) in [7, 11) is -2.15. The summed E-state index contributed by atoms with van der Waals surface area (Å²) < 4.78 is 43.4. The van der Waals surface area contributed by atoms with Crippen molar-refractivity contribution >= 4 is 50.1 Å². The number of halogens is 2. The van der Waals surface area contributed by atoms with Crippen molar-refractivity contribution in [2.24, 2.45) is 7.05 Å². The van der Waals surface area contributed by atoms with Gasteiger partial charge in [-0.05, 0) is 63.3 Å². The van der Waals surface area contributed by atoms with Crippen LogP contribution in [0.4, 0.5) is 16.0 Å². The lowest BCUT2D eigenvalue weighted by molar-refractivity contribution is 0.0977. The number of sulfonamides is 1. The number of hydrogen-bond acceptors (Lipinski definition) is 9. The van der Waals surface area contributed by atoms with Crippen molar-refractivity contribution in [1.82, 2.24) is 29.0 Å². The van der Waals surface area contributed by atoms with E-state index in [0.717, 1.165) is 24.7 Å². The Hall–Kier alpha value is -4.04. The van der Waals surface area contributed by atoms with E-state index in [4.69, 9.17) is 16.6 Å². The number of anilines is 2. The number of hydrogen-bond donors (Lipinski definition) is 2.